The molecular weight excluding hydrogens is 270 g/mol. The van der Waals surface area contributed by atoms with Gasteiger partial charge in [0.05, 0.1) is 6.54 Å². The zero-order valence-electron chi connectivity index (χ0n) is 9.55. The molecule has 19 heavy (non-hydrogen) atoms. The molecule has 0 saturated heterocycles. The number of nitrogens with one attached hydrogen (secondary N) is 2. The molecule has 8 heteroatoms. The SMILES string of the molecule is O=c1[nH]c(=O)c2nnn(Cc3ccccc3Cl)c2[nH]1. The van der Waals surface area contributed by atoms with E-state index in [1.54, 1.807) is 6.07 Å². The molecule has 0 atom stereocenters. The van der Waals surface area contributed by atoms with Crippen LogP contribution in [0.5, 0.6) is 0 Å². The quantitative estimate of drug-likeness (QED) is 0.713. The van der Waals surface area contributed by atoms with Crippen LogP contribution in [0.4, 0.5) is 0 Å². The lowest BCUT2D eigenvalue weighted by Gasteiger charge is -2.04. The Morgan fingerprint density at radius 1 is 1.21 bits per heavy atom. The van der Waals surface area contributed by atoms with Gasteiger partial charge in [0.1, 0.15) is 0 Å². The lowest BCUT2D eigenvalue weighted by atomic mass is 10.2. The fraction of sp³-hybridized carbons (Fsp3) is 0.0909. The first-order valence-corrected chi connectivity index (χ1v) is 5.82. The van der Waals surface area contributed by atoms with E-state index in [-0.39, 0.29) is 11.2 Å². The third-order valence-electron chi connectivity index (χ3n) is 2.69. The number of hydrogen-bond acceptors (Lipinski definition) is 4. The van der Waals surface area contributed by atoms with Gasteiger partial charge in [-0.3, -0.25) is 14.8 Å². The van der Waals surface area contributed by atoms with E-state index in [0.717, 1.165) is 5.56 Å². The highest BCUT2D eigenvalue weighted by atomic mass is 35.5. The fourth-order valence-electron chi connectivity index (χ4n) is 1.79. The molecule has 0 saturated carbocycles. The monoisotopic (exact) mass is 277 g/mol. The van der Waals surface area contributed by atoms with Gasteiger partial charge in [0.2, 0.25) is 0 Å². The topological polar surface area (TPSA) is 96.4 Å². The van der Waals surface area contributed by atoms with Gasteiger partial charge in [0.25, 0.3) is 5.56 Å². The number of H-pyrrole nitrogens is 2. The Hall–Kier alpha value is -2.41. The van der Waals surface area contributed by atoms with Gasteiger partial charge >= 0.3 is 5.69 Å². The predicted molar refractivity (Wildman–Crippen MR) is 69.3 cm³/mol. The fourth-order valence-corrected chi connectivity index (χ4v) is 1.98. The molecule has 2 heterocycles. The normalized spacial score (nSPS) is 11.0. The van der Waals surface area contributed by atoms with Gasteiger partial charge in [0, 0.05) is 5.02 Å². The minimum Gasteiger partial charge on any atom is -0.290 e. The number of rotatable bonds is 2. The second kappa shape index (κ2) is 4.36. The zero-order valence-corrected chi connectivity index (χ0v) is 10.3. The van der Waals surface area contributed by atoms with Gasteiger partial charge in [-0.15, -0.1) is 5.10 Å². The minimum atomic E-state index is -0.597. The van der Waals surface area contributed by atoms with Crippen LogP contribution in [-0.2, 0) is 6.54 Å². The average molecular weight is 278 g/mol. The Labute approximate surface area is 110 Å². The van der Waals surface area contributed by atoms with Crippen LogP contribution in [0.25, 0.3) is 11.2 Å². The Kier molecular flexibility index (Phi) is 2.68. The summed E-state index contributed by atoms with van der Waals surface area (Å²) in [6.07, 6.45) is 0. The molecule has 2 N–H and O–H groups in total. The van der Waals surface area contributed by atoms with Crippen molar-refractivity contribution in [3.8, 4) is 0 Å². The molecule has 0 aliphatic rings. The number of benzene rings is 1. The molecule has 0 radical (unpaired) electrons. The van der Waals surface area contributed by atoms with Crippen molar-refractivity contribution in [1.82, 2.24) is 25.0 Å². The Bertz CT molecular complexity index is 863. The van der Waals surface area contributed by atoms with Crippen LogP contribution in [0.1, 0.15) is 5.56 Å². The minimum absolute atomic E-state index is 0.0895. The maximum absolute atomic E-state index is 11.5. The van der Waals surface area contributed by atoms with Crippen LogP contribution in [-0.4, -0.2) is 25.0 Å². The van der Waals surface area contributed by atoms with E-state index in [1.807, 2.05) is 18.2 Å². The van der Waals surface area contributed by atoms with Gasteiger partial charge in [-0.05, 0) is 11.6 Å². The van der Waals surface area contributed by atoms with Crippen molar-refractivity contribution in [3.63, 3.8) is 0 Å². The molecule has 3 rings (SSSR count). The summed E-state index contributed by atoms with van der Waals surface area (Å²) in [5.41, 5.74) is 0.0155. The molecule has 0 aliphatic heterocycles. The lowest BCUT2D eigenvalue weighted by molar-refractivity contribution is 0.663. The first-order chi connectivity index (χ1) is 9.15. The van der Waals surface area contributed by atoms with Crippen molar-refractivity contribution in [2.75, 3.05) is 0 Å². The van der Waals surface area contributed by atoms with E-state index in [9.17, 15) is 9.59 Å². The summed E-state index contributed by atoms with van der Waals surface area (Å²) in [6.45, 7) is 0.315. The second-order valence-corrected chi connectivity index (χ2v) is 4.35. The van der Waals surface area contributed by atoms with Crippen LogP contribution in [0.15, 0.2) is 33.9 Å². The smallest absolute Gasteiger partial charge is 0.290 e. The van der Waals surface area contributed by atoms with Gasteiger partial charge in [-0.2, -0.15) is 0 Å². The molecule has 1 aromatic carbocycles. The Balaban J connectivity index is 2.15. The number of aromatic nitrogens is 5. The van der Waals surface area contributed by atoms with Gasteiger partial charge < -0.3 is 0 Å². The number of halogens is 1. The summed E-state index contributed by atoms with van der Waals surface area (Å²) in [7, 11) is 0. The molecule has 0 spiro atoms. The molecule has 0 amide bonds. The summed E-state index contributed by atoms with van der Waals surface area (Å²) in [5.74, 6) is 0. The van der Waals surface area contributed by atoms with E-state index < -0.39 is 11.2 Å². The maximum atomic E-state index is 11.5. The van der Waals surface area contributed by atoms with Crippen molar-refractivity contribution in [2.45, 2.75) is 6.54 Å². The van der Waals surface area contributed by atoms with Crippen molar-refractivity contribution in [1.29, 1.82) is 0 Å². The largest absolute Gasteiger partial charge is 0.327 e. The molecule has 0 bridgehead atoms. The second-order valence-electron chi connectivity index (χ2n) is 3.94. The van der Waals surface area contributed by atoms with Gasteiger partial charge in [0.15, 0.2) is 11.2 Å². The molecule has 0 unspecified atom stereocenters. The summed E-state index contributed by atoms with van der Waals surface area (Å²) < 4.78 is 1.42. The average Bonchev–Trinajstić information content (AvgIpc) is 2.76. The first-order valence-electron chi connectivity index (χ1n) is 5.44. The van der Waals surface area contributed by atoms with Crippen molar-refractivity contribution in [2.24, 2.45) is 0 Å². The number of aromatic amines is 2. The summed E-state index contributed by atoms with van der Waals surface area (Å²) in [5, 5.41) is 8.17. The van der Waals surface area contributed by atoms with Crippen LogP contribution in [0.2, 0.25) is 5.02 Å². The summed E-state index contributed by atoms with van der Waals surface area (Å²) >= 11 is 6.05. The van der Waals surface area contributed by atoms with Crippen molar-refractivity contribution >= 4 is 22.8 Å². The summed E-state index contributed by atoms with van der Waals surface area (Å²) in [6, 6.07) is 7.25. The molecule has 7 nitrogen and oxygen atoms in total. The van der Waals surface area contributed by atoms with E-state index in [2.05, 4.69) is 20.3 Å². The third-order valence-corrected chi connectivity index (χ3v) is 3.06. The molecule has 0 fully saturated rings. The third kappa shape index (κ3) is 2.04. The zero-order chi connectivity index (χ0) is 13.4. The van der Waals surface area contributed by atoms with E-state index in [4.69, 9.17) is 11.6 Å². The highest BCUT2D eigenvalue weighted by Crippen LogP contribution is 2.16. The Morgan fingerprint density at radius 2 is 2.00 bits per heavy atom. The highest BCUT2D eigenvalue weighted by Gasteiger charge is 2.10. The Morgan fingerprint density at radius 3 is 2.79 bits per heavy atom. The molecule has 3 aromatic rings. The number of hydrogen-bond donors (Lipinski definition) is 2. The van der Waals surface area contributed by atoms with Crippen molar-refractivity contribution in [3.05, 3.63) is 55.7 Å². The van der Waals surface area contributed by atoms with Crippen LogP contribution in [0.3, 0.4) is 0 Å². The highest BCUT2D eigenvalue weighted by molar-refractivity contribution is 6.31. The summed E-state index contributed by atoms with van der Waals surface area (Å²) in [4.78, 5) is 27.4. The lowest BCUT2D eigenvalue weighted by Crippen LogP contribution is -2.22. The number of nitrogens with zero attached hydrogens (tertiary/aromatic N) is 3. The van der Waals surface area contributed by atoms with Gasteiger partial charge in [-0.1, -0.05) is 35.0 Å². The van der Waals surface area contributed by atoms with E-state index in [1.165, 1.54) is 4.68 Å². The van der Waals surface area contributed by atoms with Gasteiger partial charge in [-0.25, -0.2) is 9.48 Å². The predicted octanol–water partition coefficient (Wildman–Crippen LogP) is 0.510. The molecule has 2 aromatic heterocycles. The number of fused-ring (bicyclic) bond motifs is 1. The first kappa shape index (κ1) is 11.7. The van der Waals surface area contributed by atoms with E-state index >= 15 is 0 Å². The van der Waals surface area contributed by atoms with Crippen LogP contribution in [0, 0.1) is 0 Å². The molecular formula is C11H8ClN5O2. The van der Waals surface area contributed by atoms with E-state index in [0.29, 0.717) is 11.6 Å². The molecule has 96 valence electrons. The van der Waals surface area contributed by atoms with Crippen LogP contribution < -0.4 is 11.2 Å². The molecule has 0 aliphatic carbocycles. The van der Waals surface area contributed by atoms with Crippen molar-refractivity contribution < 1.29 is 0 Å². The maximum Gasteiger partial charge on any atom is 0.327 e. The van der Waals surface area contributed by atoms with Crippen LogP contribution >= 0.6 is 11.6 Å². The standard InChI is InChI=1S/C11H8ClN5O2/c12-7-4-2-1-3-6(7)5-17-9-8(15-16-17)10(18)14-11(19)13-9/h1-4H,5H2,(H2,13,14,18,19).